The second kappa shape index (κ2) is 49.9. The number of rotatable bonds is 48. The van der Waals surface area contributed by atoms with Crippen molar-refractivity contribution in [2.24, 2.45) is 23.7 Å². The van der Waals surface area contributed by atoms with E-state index in [1.807, 2.05) is 0 Å². The molecule has 0 heterocycles. The van der Waals surface area contributed by atoms with Crippen molar-refractivity contribution in [3.05, 3.63) is 0 Å². The van der Waals surface area contributed by atoms with Gasteiger partial charge in [0.25, 0.3) is 0 Å². The average Bonchev–Trinajstić information content (AvgIpc) is 3.35. The van der Waals surface area contributed by atoms with Crippen LogP contribution in [-0.2, 0) is 34.8 Å². The van der Waals surface area contributed by atoms with E-state index in [9.17, 15) is 60.7 Å². The third-order valence-corrected chi connectivity index (χ3v) is 19.1. The molecule has 0 amide bonds. The molecule has 0 aromatic carbocycles. The Bertz CT molecular complexity index is 1170. The van der Waals surface area contributed by atoms with Gasteiger partial charge >= 0.3 is 121 Å². The van der Waals surface area contributed by atoms with Crippen molar-refractivity contribution in [3.8, 4) is 0 Å². The van der Waals surface area contributed by atoms with Crippen molar-refractivity contribution < 1.29 is 60.7 Å². The maximum atomic E-state index is 11.1. The van der Waals surface area contributed by atoms with Gasteiger partial charge in [0.2, 0.25) is 0 Å². The van der Waals surface area contributed by atoms with Crippen molar-refractivity contribution in [2.75, 3.05) is 0 Å². The van der Waals surface area contributed by atoms with Crippen LogP contribution in [0.15, 0.2) is 0 Å². The normalized spacial score (nSPS) is 15.4. The van der Waals surface area contributed by atoms with E-state index in [-0.39, 0.29) is 46.8 Å². The molecule has 0 saturated carbocycles. The number of unbranched alkanes of at least 4 members (excludes halogenated alkanes) is 18. The number of hydrogen-bond acceptors (Lipinski definition) is 14. The zero-order chi connectivity index (χ0) is 57.8. The van der Waals surface area contributed by atoms with E-state index in [4.69, 9.17) is 0 Å². The summed E-state index contributed by atoms with van der Waals surface area (Å²) >= 11 is 8.70. The molecule has 75 heavy (non-hydrogen) atoms. The summed E-state index contributed by atoms with van der Waals surface area (Å²) in [5.74, 6) is 2.43. The Balaban J connectivity index is -0.00000108. The molecule has 8 atom stereocenters. The molecule has 0 unspecified atom stereocenters. The Morgan fingerprint density at radius 2 is 0.587 bits per heavy atom. The van der Waals surface area contributed by atoms with Crippen molar-refractivity contribution in [1.82, 2.24) is 0 Å². The molecule has 0 rings (SSSR count). The van der Waals surface area contributed by atoms with Gasteiger partial charge in [-0.3, -0.25) is 0 Å². The Kier molecular flexibility index (Phi) is 52.9. The number of hydrogen-bond donors (Lipinski definition) is 10. The molecule has 0 bridgehead atoms. The van der Waals surface area contributed by atoms with E-state index in [2.05, 4.69) is 94.5 Å². The van der Waals surface area contributed by atoms with Crippen molar-refractivity contribution >= 4 is 56.6 Å². The zero-order valence-electron chi connectivity index (χ0n) is 49.6. The average molecular weight is 1220 g/mol. The van der Waals surface area contributed by atoms with E-state index < -0.39 is 70.3 Å². The summed E-state index contributed by atoms with van der Waals surface area (Å²) in [6, 6.07) is 0. The van der Waals surface area contributed by atoms with Crippen LogP contribution in [0.3, 0.4) is 0 Å². The Morgan fingerprint density at radius 1 is 0.360 bits per heavy atom. The molecule has 448 valence electrons. The standard InChI is InChI=1S/2C22H44O6S.2C8H17.Sn/c2*1-15(2)11-7-5-9-13-22(28,14-10-6-8-12-16(3)4)20(26)18(24)17(23)19(25)21(27)29;2*1-3-5-7-8-6-4-2;/h2*15-20,23-26,28H,5-14H2,1-4H3,(H,27,29);2*1,3-8H2,2H3;/q;;;;+2/p-2/t2*17-,18-,19+,20-;;;/m00.../s1. The fraction of sp³-hybridized carbons (Fsp3) is 0.967. The first-order chi connectivity index (χ1) is 35.3. The minimum atomic E-state index is -1.98. The molecule has 0 fully saturated rings. The molecular weight excluding hydrogens is 1100 g/mol. The molecule has 0 spiro atoms. The molecule has 15 heteroatoms. The van der Waals surface area contributed by atoms with Gasteiger partial charge in [0.15, 0.2) is 0 Å². The first-order valence-corrected chi connectivity index (χ1v) is 35.1. The Morgan fingerprint density at radius 3 is 0.813 bits per heavy atom. The summed E-state index contributed by atoms with van der Waals surface area (Å²) in [6.07, 6.45) is 18.7. The van der Waals surface area contributed by atoms with Gasteiger partial charge in [0.05, 0.1) is 11.2 Å². The van der Waals surface area contributed by atoms with Crippen LogP contribution in [0.4, 0.5) is 0 Å². The van der Waals surface area contributed by atoms with Gasteiger partial charge in [-0.15, -0.1) is 0 Å². The summed E-state index contributed by atoms with van der Waals surface area (Å²) < 4.78 is 3.31. The summed E-state index contributed by atoms with van der Waals surface area (Å²) in [7, 11) is 0. The quantitative estimate of drug-likeness (QED) is 0.0155. The van der Waals surface area contributed by atoms with Crippen LogP contribution in [0.25, 0.3) is 0 Å². The molecule has 0 saturated heterocycles. The molecule has 12 nitrogen and oxygen atoms in total. The predicted molar refractivity (Wildman–Crippen MR) is 317 cm³/mol. The van der Waals surface area contributed by atoms with Crippen molar-refractivity contribution in [3.63, 3.8) is 0 Å². The van der Waals surface area contributed by atoms with E-state index in [1.54, 1.807) is 21.7 Å². The van der Waals surface area contributed by atoms with Crippen molar-refractivity contribution in [2.45, 2.75) is 344 Å². The number of aliphatic hydroxyl groups is 10. The topological polar surface area (TPSA) is 236 Å². The molecule has 0 radical (unpaired) electrons. The maximum absolute atomic E-state index is 11.1. The second-order valence-electron chi connectivity index (χ2n) is 23.8. The Hall–Kier alpha value is 0.179. The summed E-state index contributed by atoms with van der Waals surface area (Å²) in [4.78, 5) is 22.2. The van der Waals surface area contributed by atoms with Gasteiger partial charge < -0.3 is 85.9 Å². The van der Waals surface area contributed by atoms with Crippen LogP contribution in [0.5, 0.6) is 0 Å². The van der Waals surface area contributed by atoms with Gasteiger partial charge in [-0.2, -0.15) is 0 Å². The number of carbonyl (C=O) groups excluding carboxylic acids is 2. The van der Waals surface area contributed by atoms with E-state index in [0.717, 1.165) is 77.0 Å². The Labute approximate surface area is 481 Å². The minimum absolute atomic E-state index is 0.0736. The van der Waals surface area contributed by atoms with E-state index in [0.29, 0.717) is 49.4 Å². The van der Waals surface area contributed by atoms with Crippen LogP contribution in [0.2, 0.25) is 8.87 Å². The van der Waals surface area contributed by atoms with Crippen LogP contribution in [0, 0.1) is 23.7 Å². The van der Waals surface area contributed by atoms with Gasteiger partial charge in [-0.25, -0.2) is 0 Å². The van der Waals surface area contributed by atoms with Crippen LogP contribution in [-0.4, -0.2) is 142 Å². The monoisotopic (exact) mass is 1220 g/mol. The molecule has 10 N–H and O–H groups in total. The van der Waals surface area contributed by atoms with Crippen molar-refractivity contribution in [1.29, 1.82) is 0 Å². The second-order valence-corrected chi connectivity index (χ2v) is 28.9. The van der Waals surface area contributed by atoms with Gasteiger partial charge in [-0.05, 0) is 49.4 Å². The predicted octanol–water partition coefficient (Wildman–Crippen LogP) is 11.1. The van der Waals surface area contributed by atoms with Crippen LogP contribution in [0.1, 0.15) is 275 Å². The first kappa shape index (κ1) is 79.4. The van der Waals surface area contributed by atoms with Gasteiger partial charge in [-0.1, -0.05) is 158 Å². The third-order valence-electron chi connectivity index (χ3n) is 14.6. The van der Waals surface area contributed by atoms with Crippen LogP contribution >= 0.6 is 0 Å². The molecule has 0 aliphatic carbocycles. The fourth-order valence-corrected chi connectivity index (χ4v) is 13.2. The zero-order valence-corrected chi connectivity index (χ0v) is 54.1. The fourth-order valence-electron chi connectivity index (χ4n) is 9.33. The van der Waals surface area contributed by atoms with E-state index in [1.165, 1.54) is 64.2 Å². The number of carbonyl (C=O) groups is 2. The first-order valence-electron chi connectivity index (χ1n) is 30.3. The number of aliphatic hydroxyl groups excluding tert-OH is 8. The van der Waals surface area contributed by atoms with Crippen LogP contribution < -0.4 is 0 Å². The molecular formula is C60H120O12S2Sn. The van der Waals surface area contributed by atoms with E-state index >= 15 is 0 Å². The summed E-state index contributed by atoms with van der Waals surface area (Å²) in [5.41, 5.74) is -3.19. The molecule has 0 aliphatic rings. The molecule has 0 aromatic heterocycles. The van der Waals surface area contributed by atoms with Gasteiger partial charge in [0.1, 0.15) is 48.8 Å². The third kappa shape index (κ3) is 43.6. The summed E-state index contributed by atoms with van der Waals surface area (Å²) in [6.45, 7) is 21.8. The molecule has 0 aliphatic heterocycles. The molecule has 0 aromatic rings. The summed E-state index contributed by atoms with van der Waals surface area (Å²) in [5, 5.41) is 101. The SMILES string of the molecule is CC(C)CCCCCC(O)(CCCCCC(C)C)[C@@H](O)[C@@H](O)[C@H](O)[C@@H](O)C(=O)[S-].CC(C)CCCCCC(O)(CCCCCC(C)C)[C@@H](O)[C@@H](O)[C@H](O)[C@@H](O)C(=O)[S-].CCCCCCC[CH2][Sn+2][CH2]CCCCCCC. The van der Waals surface area contributed by atoms with Gasteiger partial charge in [0, 0.05) is 10.2 Å².